The van der Waals surface area contributed by atoms with Crippen LogP contribution >= 0.6 is 15.9 Å². The summed E-state index contributed by atoms with van der Waals surface area (Å²) in [5.74, 6) is -3.04. The molecule has 1 saturated carbocycles. The van der Waals surface area contributed by atoms with Crippen LogP contribution in [0, 0.1) is 5.92 Å². The van der Waals surface area contributed by atoms with Crippen molar-refractivity contribution in [3.8, 4) is 0 Å². The number of nitrogens with one attached hydrogen (secondary N) is 1. The van der Waals surface area contributed by atoms with E-state index in [0.717, 1.165) is 11.3 Å². The first-order valence-corrected chi connectivity index (χ1v) is 7.46. The number of amides is 1. The first-order chi connectivity index (χ1) is 9.00. The summed E-state index contributed by atoms with van der Waals surface area (Å²) in [6, 6.07) is 7.50. The van der Waals surface area contributed by atoms with E-state index in [-0.39, 0.29) is 37.5 Å². The summed E-state index contributed by atoms with van der Waals surface area (Å²) >= 11 is 3.35. The van der Waals surface area contributed by atoms with E-state index in [1.165, 1.54) is 0 Å². The molecule has 104 valence electrons. The summed E-state index contributed by atoms with van der Waals surface area (Å²) in [7, 11) is 0. The van der Waals surface area contributed by atoms with Crippen molar-refractivity contribution in [2.75, 3.05) is 5.32 Å². The maximum absolute atomic E-state index is 13.0. The molecule has 1 aliphatic rings. The molecule has 1 fully saturated rings. The average molecular weight is 332 g/mol. The second-order valence-electron chi connectivity index (χ2n) is 4.95. The molecule has 0 aromatic heterocycles. The molecule has 1 amide bonds. The van der Waals surface area contributed by atoms with Crippen LogP contribution in [0.3, 0.4) is 0 Å². The Labute approximate surface area is 119 Å². The van der Waals surface area contributed by atoms with Crippen LogP contribution in [0.2, 0.25) is 0 Å². The first kappa shape index (κ1) is 14.4. The maximum atomic E-state index is 13.0. The highest BCUT2D eigenvalue weighted by Crippen LogP contribution is 2.36. The Morgan fingerprint density at radius 1 is 1.37 bits per heavy atom. The minimum Gasteiger partial charge on any atom is -0.326 e. The summed E-state index contributed by atoms with van der Waals surface area (Å²) in [4.78, 5) is 12.0. The molecule has 0 spiro atoms. The lowest BCUT2D eigenvalue weighted by atomic mass is 9.86. The lowest BCUT2D eigenvalue weighted by Crippen LogP contribution is -2.31. The predicted octanol–water partition coefficient (Wildman–Crippen LogP) is 4.35. The van der Waals surface area contributed by atoms with Gasteiger partial charge in [0.2, 0.25) is 11.8 Å². The standard InChI is InChI=1S/C14H16BrF2NO/c15-9-10-2-1-3-12(8-10)18-13(19)11-4-6-14(16,17)7-5-11/h1-3,8,11H,4-7,9H2,(H,18,19). The van der Waals surface area contributed by atoms with E-state index >= 15 is 0 Å². The van der Waals surface area contributed by atoms with Crippen molar-refractivity contribution in [2.24, 2.45) is 5.92 Å². The van der Waals surface area contributed by atoms with E-state index in [2.05, 4.69) is 21.2 Å². The second-order valence-corrected chi connectivity index (χ2v) is 5.51. The zero-order valence-corrected chi connectivity index (χ0v) is 12.1. The quantitative estimate of drug-likeness (QED) is 0.820. The number of carbonyl (C=O) groups is 1. The van der Waals surface area contributed by atoms with Crippen molar-refractivity contribution >= 4 is 27.5 Å². The summed E-state index contributed by atoms with van der Waals surface area (Å²) < 4.78 is 26.1. The largest absolute Gasteiger partial charge is 0.326 e. The van der Waals surface area contributed by atoms with E-state index in [9.17, 15) is 13.6 Å². The van der Waals surface area contributed by atoms with Gasteiger partial charge in [-0.1, -0.05) is 28.1 Å². The van der Waals surface area contributed by atoms with Gasteiger partial charge in [-0.25, -0.2) is 8.78 Å². The summed E-state index contributed by atoms with van der Waals surface area (Å²) in [5, 5.41) is 3.52. The van der Waals surface area contributed by atoms with Crippen molar-refractivity contribution in [1.29, 1.82) is 0 Å². The van der Waals surface area contributed by atoms with E-state index in [0.29, 0.717) is 5.33 Å². The number of benzene rings is 1. The number of alkyl halides is 3. The SMILES string of the molecule is O=C(Nc1cccc(CBr)c1)C1CCC(F)(F)CC1. The zero-order valence-electron chi connectivity index (χ0n) is 10.5. The van der Waals surface area contributed by atoms with Crippen LogP contribution in [-0.2, 0) is 10.1 Å². The van der Waals surface area contributed by atoms with Crippen LogP contribution < -0.4 is 5.32 Å². The van der Waals surface area contributed by atoms with Gasteiger partial charge in [0.15, 0.2) is 0 Å². The summed E-state index contributed by atoms with van der Waals surface area (Å²) in [6.07, 6.45) is 0.146. The van der Waals surface area contributed by atoms with Gasteiger partial charge < -0.3 is 5.32 Å². The summed E-state index contributed by atoms with van der Waals surface area (Å²) in [5.41, 5.74) is 1.78. The van der Waals surface area contributed by atoms with Crippen LogP contribution in [0.5, 0.6) is 0 Å². The number of carbonyl (C=O) groups excluding carboxylic acids is 1. The van der Waals surface area contributed by atoms with Crippen molar-refractivity contribution < 1.29 is 13.6 Å². The van der Waals surface area contributed by atoms with Crippen LogP contribution in [0.25, 0.3) is 0 Å². The molecule has 0 heterocycles. The average Bonchev–Trinajstić information content (AvgIpc) is 2.38. The van der Waals surface area contributed by atoms with E-state index in [1.807, 2.05) is 24.3 Å². The topological polar surface area (TPSA) is 29.1 Å². The third-order valence-corrected chi connectivity index (χ3v) is 4.08. The lowest BCUT2D eigenvalue weighted by Gasteiger charge is -2.27. The normalized spacial score (nSPS) is 19.1. The molecular weight excluding hydrogens is 316 g/mol. The fourth-order valence-corrected chi connectivity index (χ4v) is 2.63. The summed E-state index contributed by atoms with van der Waals surface area (Å²) in [6.45, 7) is 0. The van der Waals surface area contributed by atoms with Crippen molar-refractivity contribution in [3.63, 3.8) is 0 Å². The Kier molecular flexibility index (Phi) is 4.55. The van der Waals surface area contributed by atoms with Crippen LogP contribution in [0.4, 0.5) is 14.5 Å². The number of hydrogen-bond acceptors (Lipinski definition) is 1. The molecule has 0 bridgehead atoms. The molecule has 5 heteroatoms. The number of rotatable bonds is 3. The Morgan fingerprint density at radius 2 is 2.05 bits per heavy atom. The van der Waals surface area contributed by atoms with Gasteiger partial charge in [0.05, 0.1) is 0 Å². The highest BCUT2D eigenvalue weighted by Gasteiger charge is 2.37. The lowest BCUT2D eigenvalue weighted by molar-refractivity contribution is -0.124. The highest BCUT2D eigenvalue weighted by atomic mass is 79.9. The van der Waals surface area contributed by atoms with Crippen molar-refractivity contribution in [3.05, 3.63) is 29.8 Å². The van der Waals surface area contributed by atoms with E-state index in [4.69, 9.17) is 0 Å². The second kappa shape index (κ2) is 5.99. The molecule has 0 radical (unpaired) electrons. The van der Waals surface area contributed by atoms with Gasteiger partial charge in [-0.15, -0.1) is 0 Å². The van der Waals surface area contributed by atoms with Gasteiger partial charge in [-0.05, 0) is 30.5 Å². The minimum absolute atomic E-state index is 0.151. The van der Waals surface area contributed by atoms with Gasteiger partial charge in [-0.3, -0.25) is 4.79 Å². The Hall–Kier alpha value is -0.970. The molecular formula is C14H16BrF2NO. The third-order valence-electron chi connectivity index (χ3n) is 3.44. The van der Waals surface area contributed by atoms with Gasteiger partial charge in [0.25, 0.3) is 0 Å². The molecule has 0 aliphatic heterocycles. The minimum atomic E-state index is -2.59. The molecule has 1 N–H and O–H groups in total. The van der Waals surface area contributed by atoms with Gasteiger partial charge in [0, 0.05) is 29.8 Å². The van der Waals surface area contributed by atoms with E-state index < -0.39 is 5.92 Å². The monoisotopic (exact) mass is 331 g/mol. The maximum Gasteiger partial charge on any atom is 0.248 e. The van der Waals surface area contributed by atoms with Gasteiger partial charge >= 0.3 is 0 Å². The highest BCUT2D eigenvalue weighted by molar-refractivity contribution is 9.08. The van der Waals surface area contributed by atoms with Gasteiger partial charge in [0.1, 0.15) is 0 Å². The molecule has 0 atom stereocenters. The number of anilines is 1. The van der Waals surface area contributed by atoms with Gasteiger partial charge in [-0.2, -0.15) is 0 Å². The van der Waals surface area contributed by atoms with Crippen LogP contribution in [0.15, 0.2) is 24.3 Å². The van der Waals surface area contributed by atoms with Crippen molar-refractivity contribution in [2.45, 2.75) is 36.9 Å². The molecule has 2 nitrogen and oxygen atoms in total. The van der Waals surface area contributed by atoms with Crippen LogP contribution in [0.1, 0.15) is 31.2 Å². The number of hydrogen-bond donors (Lipinski definition) is 1. The first-order valence-electron chi connectivity index (χ1n) is 6.34. The number of halogens is 3. The van der Waals surface area contributed by atoms with Crippen LogP contribution in [-0.4, -0.2) is 11.8 Å². The molecule has 1 aromatic rings. The molecule has 1 aliphatic carbocycles. The molecule has 2 rings (SSSR count). The predicted molar refractivity (Wildman–Crippen MR) is 74.6 cm³/mol. The fourth-order valence-electron chi connectivity index (χ4n) is 2.28. The van der Waals surface area contributed by atoms with E-state index in [1.54, 1.807) is 0 Å². The third kappa shape index (κ3) is 4.00. The molecule has 0 saturated heterocycles. The molecule has 0 unspecified atom stereocenters. The Balaban J connectivity index is 1.94. The fraction of sp³-hybridized carbons (Fsp3) is 0.500. The molecule has 19 heavy (non-hydrogen) atoms. The Bertz CT molecular complexity index is 455. The van der Waals surface area contributed by atoms with Crippen molar-refractivity contribution in [1.82, 2.24) is 0 Å². The Morgan fingerprint density at radius 3 is 2.68 bits per heavy atom. The smallest absolute Gasteiger partial charge is 0.248 e. The zero-order chi connectivity index (χ0) is 13.9. The molecule has 1 aromatic carbocycles.